The lowest BCUT2D eigenvalue weighted by Gasteiger charge is -2.44. The molecule has 0 bridgehead atoms. The molecule has 0 aliphatic carbocycles. The molecule has 3 fully saturated rings. The third-order valence-corrected chi connectivity index (χ3v) is 7.59. The molecule has 0 saturated carbocycles. The van der Waals surface area contributed by atoms with E-state index in [4.69, 9.17) is 0 Å². The smallest absolute Gasteiger partial charge is 0.0939 e. The van der Waals surface area contributed by atoms with Crippen LogP contribution in [-0.4, -0.2) is 127 Å². The summed E-state index contributed by atoms with van der Waals surface area (Å²) in [6.45, 7) is 45.6. The highest BCUT2D eigenvalue weighted by Gasteiger charge is 2.28. The summed E-state index contributed by atoms with van der Waals surface area (Å²) in [5, 5.41) is 16.5. The lowest BCUT2D eigenvalue weighted by atomic mass is 10.00. The van der Waals surface area contributed by atoms with Crippen molar-refractivity contribution < 1.29 is 4.74 Å². The van der Waals surface area contributed by atoms with Crippen molar-refractivity contribution in [1.29, 1.82) is 0 Å². The van der Waals surface area contributed by atoms with Gasteiger partial charge in [0.1, 0.15) is 0 Å². The van der Waals surface area contributed by atoms with E-state index in [0.29, 0.717) is 30.0 Å². The van der Waals surface area contributed by atoms with Crippen LogP contribution < -0.4 is 26.6 Å². The van der Waals surface area contributed by atoms with Gasteiger partial charge in [-0.2, -0.15) is 0 Å². The molecule has 5 N–H and O–H groups in total. The topological polar surface area (TPSA) is 79.1 Å². The zero-order chi connectivity index (χ0) is 36.0. The largest absolute Gasteiger partial charge is 0.388 e. The fourth-order valence-corrected chi connectivity index (χ4v) is 4.95. The van der Waals surface area contributed by atoms with Gasteiger partial charge in [0.05, 0.1) is 11.6 Å². The minimum Gasteiger partial charge on any atom is -0.388 e. The Morgan fingerprint density at radius 3 is 1.49 bits per heavy atom. The van der Waals surface area contributed by atoms with Crippen molar-refractivity contribution in [2.24, 2.45) is 17.8 Å². The summed E-state index contributed by atoms with van der Waals surface area (Å²) in [5.74, 6) is 4.19. The molecule has 0 aromatic carbocycles. The molecule has 3 rings (SSSR count). The molecule has 3 unspecified atom stereocenters. The minimum atomic E-state index is 0.577. The van der Waals surface area contributed by atoms with E-state index in [0.717, 1.165) is 76.5 Å². The first kappa shape index (κ1) is 50.1. The van der Waals surface area contributed by atoms with Gasteiger partial charge in [-0.05, 0) is 24.8 Å². The van der Waals surface area contributed by atoms with Crippen LogP contribution in [0.15, 0.2) is 38.0 Å². The second-order valence-electron chi connectivity index (χ2n) is 11.8. The molecule has 0 aromatic heterocycles. The van der Waals surface area contributed by atoms with Gasteiger partial charge < -0.3 is 46.0 Å². The molecule has 3 aliphatic heterocycles. The van der Waals surface area contributed by atoms with Crippen molar-refractivity contribution >= 4 is 0 Å². The zero-order valence-corrected chi connectivity index (χ0v) is 32.9. The predicted molar refractivity (Wildman–Crippen MR) is 204 cm³/mol. The predicted octanol–water partition coefficient (Wildman–Crippen LogP) is 4.88. The van der Waals surface area contributed by atoms with Gasteiger partial charge >= 0.3 is 0 Å². The molecule has 0 spiro atoms. The van der Waals surface area contributed by atoms with Crippen LogP contribution in [0.1, 0.15) is 69.2 Å². The summed E-state index contributed by atoms with van der Waals surface area (Å²) < 4.78 is 4.25. The normalized spacial score (nSPS) is 20.8. The standard InChI is InChI=1S/C11H23N3.C10H21N3.C7H16N2.C2H6O.2C2H6.C2H4/c1-9(2)11-8-13(5)6-7-14(11)10(3)12-4;1-8(2)10-7-12-5-6-13(10)9(3)11-4;1-6(2)7-5-8-3-4-9-7;1-3-2;3*1-2/h9,11-12H,3,6-8H2,1-2,4-5H3;8,10-12H,3,5-7H2,1-2,4H3;6-9H,3-5H2,1-2H3;1-2H3;2*1-2H3;1-2H2. The van der Waals surface area contributed by atoms with Gasteiger partial charge in [-0.3, -0.25) is 0 Å². The number of hydrogen-bond donors (Lipinski definition) is 5. The number of ether oxygens (including phenoxy) is 1. The average molecular weight is 643 g/mol. The first-order valence-corrected chi connectivity index (χ1v) is 17.4. The van der Waals surface area contributed by atoms with Crippen LogP contribution in [0, 0.1) is 17.8 Å². The second-order valence-corrected chi connectivity index (χ2v) is 11.8. The molecule has 0 radical (unpaired) electrons. The van der Waals surface area contributed by atoms with Crippen LogP contribution >= 0.6 is 0 Å². The average Bonchev–Trinajstić information content (AvgIpc) is 3.08. The Bertz CT molecular complexity index is 653. The Morgan fingerprint density at radius 2 is 1.13 bits per heavy atom. The number of hydrogen-bond acceptors (Lipinski definition) is 9. The molecule has 9 heteroatoms. The van der Waals surface area contributed by atoms with E-state index < -0.39 is 0 Å². The van der Waals surface area contributed by atoms with Crippen molar-refractivity contribution in [1.82, 2.24) is 41.3 Å². The third-order valence-electron chi connectivity index (χ3n) is 7.59. The van der Waals surface area contributed by atoms with E-state index in [1.807, 2.05) is 41.8 Å². The van der Waals surface area contributed by atoms with Crippen molar-refractivity contribution in [2.45, 2.75) is 87.4 Å². The fourth-order valence-electron chi connectivity index (χ4n) is 4.95. The van der Waals surface area contributed by atoms with Crippen LogP contribution in [0.3, 0.4) is 0 Å². The van der Waals surface area contributed by atoms with Gasteiger partial charge in [0.2, 0.25) is 0 Å². The maximum Gasteiger partial charge on any atom is 0.0939 e. The summed E-state index contributed by atoms with van der Waals surface area (Å²) in [5.41, 5.74) is 0. The van der Waals surface area contributed by atoms with Gasteiger partial charge in [-0.25, -0.2) is 0 Å². The van der Waals surface area contributed by atoms with Crippen molar-refractivity contribution in [3.63, 3.8) is 0 Å². The second kappa shape index (κ2) is 33.6. The quantitative estimate of drug-likeness (QED) is 0.250. The molecule has 0 amide bonds. The number of rotatable bonds is 7. The molecule has 3 saturated heterocycles. The highest BCUT2D eigenvalue weighted by Crippen LogP contribution is 2.19. The van der Waals surface area contributed by atoms with Crippen molar-refractivity contribution in [3.8, 4) is 0 Å². The molecule has 3 atom stereocenters. The van der Waals surface area contributed by atoms with E-state index in [9.17, 15) is 0 Å². The lowest BCUT2D eigenvalue weighted by Crippen LogP contribution is -2.54. The van der Waals surface area contributed by atoms with Gasteiger partial charge in [0.25, 0.3) is 0 Å². The first-order chi connectivity index (χ1) is 21.4. The maximum absolute atomic E-state index is 4.25. The van der Waals surface area contributed by atoms with E-state index in [1.165, 1.54) is 0 Å². The zero-order valence-electron chi connectivity index (χ0n) is 32.9. The summed E-state index contributed by atoms with van der Waals surface area (Å²) in [7, 11) is 9.31. The van der Waals surface area contributed by atoms with Crippen LogP contribution in [0.4, 0.5) is 0 Å². The van der Waals surface area contributed by atoms with Crippen LogP contribution in [0.2, 0.25) is 0 Å². The number of nitrogens with one attached hydrogen (secondary N) is 5. The van der Waals surface area contributed by atoms with E-state index >= 15 is 0 Å². The highest BCUT2D eigenvalue weighted by molar-refractivity contribution is 4.98. The van der Waals surface area contributed by atoms with Crippen LogP contribution in [0.25, 0.3) is 0 Å². The monoisotopic (exact) mass is 643 g/mol. The highest BCUT2D eigenvalue weighted by atomic mass is 16.4. The Labute approximate surface area is 283 Å². The molecular weight excluding hydrogens is 560 g/mol. The van der Waals surface area contributed by atoms with E-state index in [2.05, 4.69) is 121 Å². The molecular formula is C36H82N8O. The number of nitrogens with zero attached hydrogens (tertiary/aromatic N) is 3. The number of piperazine rings is 3. The van der Waals surface area contributed by atoms with Gasteiger partial charge in [0, 0.05) is 105 Å². The van der Waals surface area contributed by atoms with Gasteiger partial charge in [-0.1, -0.05) is 82.4 Å². The summed E-state index contributed by atoms with van der Waals surface area (Å²) in [6, 6.07) is 1.86. The molecule has 9 nitrogen and oxygen atoms in total. The first-order valence-electron chi connectivity index (χ1n) is 17.4. The van der Waals surface area contributed by atoms with E-state index in [1.54, 1.807) is 14.2 Å². The van der Waals surface area contributed by atoms with Crippen molar-refractivity contribution in [3.05, 3.63) is 38.0 Å². The van der Waals surface area contributed by atoms with Gasteiger partial charge in [-0.15, -0.1) is 13.2 Å². The molecule has 3 aliphatic rings. The maximum atomic E-state index is 4.25. The number of methoxy groups -OCH3 is 1. The fraction of sp³-hybridized carbons (Fsp3) is 0.833. The molecule has 272 valence electrons. The molecule has 0 aromatic rings. The van der Waals surface area contributed by atoms with Crippen LogP contribution in [-0.2, 0) is 4.74 Å². The Hall–Kier alpha value is -1.78. The number of likely N-dealkylation sites (N-methyl/N-ethyl adjacent to an activating group) is 1. The lowest BCUT2D eigenvalue weighted by molar-refractivity contribution is 0.0868. The minimum absolute atomic E-state index is 0.577. The Balaban J connectivity index is -0.000000251. The summed E-state index contributed by atoms with van der Waals surface area (Å²) in [4.78, 5) is 7.15. The molecule has 3 heterocycles. The third kappa shape index (κ3) is 23.2. The summed E-state index contributed by atoms with van der Waals surface area (Å²) in [6.07, 6.45) is 0. The van der Waals surface area contributed by atoms with Crippen molar-refractivity contribution in [2.75, 3.05) is 94.3 Å². The SMILES string of the molecule is C=C.C=C(NC)N1CCN(C)CC1C(C)C.C=C(NC)N1CCNCC1C(C)C.CC.CC.CC(C)C1CNCCN1.COC. The summed E-state index contributed by atoms with van der Waals surface area (Å²) >= 11 is 0. The Kier molecular flexibility index (Phi) is 37.4. The molecule has 45 heavy (non-hydrogen) atoms. The van der Waals surface area contributed by atoms with E-state index in [-0.39, 0.29) is 0 Å². The van der Waals surface area contributed by atoms with Crippen LogP contribution in [0.5, 0.6) is 0 Å². The van der Waals surface area contributed by atoms with Gasteiger partial charge in [0.15, 0.2) is 0 Å². The Morgan fingerprint density at radius 1 is 0.689 bits per heavy atom.